The minimum atomic E-state index is 0.743. The molecule has 0 unspecified atom stereocenters. The normalized spacial score (nSPS) is 15.3. The SMILES string of the molecule is COc1ccc(Cl)cc1CN1CCN(c2ncnc3ccc(C)cc23)CC1. The quantitative estimate of drug-likeness (QED) is 0.684. The fourth-order valence-electron chi connectivity index (χ4n) is 3.64. The topological polar surface area (TPSA) is 41.5 Å². The Morgan fingerprint density at radius 1 is 1.04 bits per heavy atom. The van der Waals surface area contributed by atoms with Gasteiger partial charge in [-0.1, -0.05) is 23.2 Å². The van der Waals surface area contributed by atoms with Gasteiger partial charge in [0.05, 0.1) is 12.6 Å². The third kappa shape index (κ3) is 3.84. The van der Waals surface area contributed by atoms with E-state index in [0.29, 0.717) is 0 Å². The predicted octanol–water partition coefficient (Wildman–Crippen LogP) is 3.92. The highest BCUT2D eigenvalue weighted by molar-refractivity contribution is 6.30. The first-order chi connectivity index (χ1) is 13.1. The van der Waals surface area contributed by atoms with Crippen LogP contribution in [0.5, 0.6) is 5.75 Å². The lowest BCUT2D eigenvalue weighted by Crippen LogP contribution is -2.46. The number of hydrogen-bond donors (Lipinski definition) is 0. The van der Waals surface area contributed by atoms with Crippen LogP contribution < -0.4 is 9.64 Å². The summed E-state index contributed by atoms with van der Waals surface area (Å²) in [5.74, 6) is 1.92. The average molecular weight is 383 g/mol. The molecule has 0 spiro atoms. The summed E-state index contributed by atoms with van der Waals surface area (Å²) in [5.41, 5.74) is 3.35. The van der Waals surface area contributed by atoms with Crippen molar-refractivity contribution in [2.75, 3.05) is 38.2 Å². The molecule has 0 radical (unpaired) electrons. The van der Waals surface area contributed by atoms with Crippen LogP contribution in [0.4, 0.5) is 5.82 Å². The molecule has 140 valence electrons. The zero-order valence-corrected chi connectivity index (χ0v) is 16.4. The Labute approximate surface area is 164 Å². The molecule has 1 fully saturated rings. The van der Waals surface area contributed by atoms with Gasteiger partial charge in [-0.05, 0) is 37.3 Å². The number of methoxy groups -OCH3 is 1. The van der Waals surface area contributed by atoms with Crippen LogP contribution in [0.25, 0.3) is 10.9 Å². The van der Waals surface area contributed by atoms with Gasteiger partial charge < -0.3 is 9.64 Å². The number of anilines is 1. The second-order valence-electron chi connectivity index (χ2n) is 6.94. The molecule has 0 aliphatic carbocycles. The number of fused-ring (bicyclic) bond motifs is 1. The molecule has 5 nitrogen and oxygen atoms in total. The summed E-state index contributed by atoms with van der Waals surface area (Å²) in [6.45, 7) is 6.74. The van der Waals surface area contributed by atoms with Gasteiger partial charge in [0.25, 0.3) is 0 Å². The predicted molar refractivity (Wildman–Crippen MR) is 110 cm³/mol. The first-order valence-electron chi connectivity index (χ1n) is 9.15. The van der Waals surface area contributed by atoms with E-state index in [1.54, 1.807) is 13.4 Å². The van der Waals surface area contributed by atoms with Crippen LogP contribution in [0.1, 0.15) is 11.1 Å². The molecule has 0 N–H and O–H groups in total. The first kappa shape index (κ1) is 18.0. The highest BCUT2D eigenvalue weighted by atomic mass is 35.5. The second kappa shape index (κ2) is 7.71. The Hall–Kier alpha value is -2.37. The van der Waals surface area contributed by atoms with E-state index in [4.69, 9.17) is 16.3 Å². The van der Waals surface area contributed by atoms with Gasteiger partial charge in [0.15, 0.2) is 0 Å². The molecule has 1 aliphatic heterocycles. The van der Waals surface area contributed by atoms with E-state index in [2.05, 4.69) is 44.9 Å². The lowest BCUT2D eigenvalue weighted by Gasteiger charge is -2.36. The zero-order chi connectivity index (χ0) is 18.8. The molecule has 27 heavy (non-hydrogen) atoms. The monoisotopic (exact) mass is 382 g/mol. The van der Waals surface area contributed by atoms with Gasteiger partial charge >= 0.3 is 0 Å². The van der Waals surface area contributed by atoms with Crippen LogP contribution in [0.2, 0.25) is 5.02 Å². The number of aromatic nitrogens is 2. The molecule has 1 saturated heterocycles. The fraction of sp³-hybridized carbons (Fsp3) is 0.333. The number of ether oxygens (including phenoxy) is 1. The summed E-state index contributed by atoms with van der Waals surface area (Å²) in [6, 6.07) is 12.1. The summed E-state index contributed by atoms with van der Waals surface area (Å²) < 4.78 is 5.48. The Morgan fingerprint density at radius 3 is 2.63 bits per heavy atom. The lowest BCUT2D eigenvalue weighted by molar-refractivity contribution is 0.246. The zero-order valence-electron chi connectivity index (χ0n) is 15.7. The van der Waals surface area contributed by atoms with Crippen LogP contribution in [0.15, 0.2) is 42.7 Å². The van der Waals surface area contributed by atoms with Crippen molar-refractivity contribution in [1.29, 1.82) is 0 Å². The van der Waals surface area contributed by atoms with E-state index in [1.165, 1.54) is 5.56 Å². The molecule has 0 saturated carbocycles. The summed E-state index contributed by atoms with van der Waals surface area (Å²) in [4.78, 5) is 13.8. The second-order valence-corrected chi connectivity index (χ2v) is 7.37. The smallest absolute Gasteiger partial charge is 0.139 e. The summed E-state index contributed by atoms with van der Waals surface area (Å²) >= 11 is 6.17. The van der Waals surface area contributed by atoms with E-state index >= 15 is 0 Å². The van der Waals surface area contributed by atoms with Gasteiger partial charge in [-0.3, -0.25) is 4.90 Å². The van der Waals surface area contributed by atoms with Gasteiger partial charge in [0.2, 0.25) is 0 Å². The highest BCUT2D eigenvalue weighted by Gasteiger charge is 2.21. The van der Waals surface area contributed by atoms with Gasteiger partial charge in [0.1, 0.15) is 17.9 Å². The molecule has 0 atom stereocenters. The van der Waals surface area contributed by atoms with E-state index in [-0.39, 0.29) is 0 Å². The van der Waals surface area contributed by atoms with E-state index < -0.39 is 0 Å². The van der Waals surface area contributed by atoms with Crippen molar-refractivity contribution in [1.82, 2.24) is 14.9 Å². The van der Waals surface area contributed by atoms with E-state index in [0.717, 1.165) is 65.8 Å². The molecular formula is C21H23ClN4O. The number of benzene rings is 2. The molecule has 6 heteroatoms. The molecule has 0 amide bonds. The van der Waals surface area contributed by atoms with Gasteiger partial charge in [-0.2, -0.15) is 0 Å². The van der Waals surface area contributed by atoms with Crippen molar-refractivity contribution in [2.45, 2.75) is 13.5 Å². The fourth-order valence-corrected chi connectivity index (χ4v) is 3.83. The molecule has 3 aromatic rings. The summed E-state index contributed by atoms with van der Waals surface area (Å²) in [5, 5.41) is 1.87. The molecule has 4 rings (SSSR count). The lowest BCUT2D eigenvalue weighted by atomic mass is 10.1. The third-order valence-electron chi connectivity index (χ3n) is 5.08. The molecule has 2 heterocycles. The van der Waals surface area contributed by atoms with Crippen LogP contribution in [0.3, 0.4) is 0 Å². The maximum atomic E-state index is 6.17. The van der Waals surface area contributed by atoms with Crippen molar-refractivity contribution in [3.8, 4) is 5.75 Å². The number of piperazine rings is 1. The summed E-state index contributed by atoms with van der Waals surface area (Å²) in [6.07, 6.45) is 1.66. The Morgan fingerprint density at radius 2 is 1.85 bits per heavy atom. The number of nitrogens with zero attached hydrogens (tertiary/aromatic N) is 4. The van der Waals surface area contributed by atoms with Gasteiger partial charge in [-0.15, -0.1) is 0 Å². The third-order valence-corrected chi connectivity index (χ3v) is 5.31. The number of hydrogen-bond acceptors (Lipinski definition) is 5. The van der Waals surface area contributed by atoms with E-state index in [1.807, 2.05) is 18.2 Å². The number of rotatable bonds is 4. The van der Waals surface area contributed by atoms with Crippen molar-refractivity contribution in [3.63, 3.8) is 0 Å². The minimum Gasteiger partial charge on any atom is -0.496 e. The Balaban J connectivity index is 1.48. The number of aryl methyl sites for hydroxylation is 1. The van der Waals surface area contributed by atoms with Crippen LogP contribution in [0, 0.1) is 6.92 Å². The summed E-state index contributed by atoms with van der Waals surface area (Å²) in [7, 11) is 1.70. The van der Waals surface area contributed by atoms with Crippen molar-refractivity contribution >= 4 is 28.3 Å². The molecular weight excluding hydrogens is 360 g/mol. The van der Waals surface area contributed by atoms with Crippen molar-refractivity contribution in [2.24, 2.45) is 0 Å². The molecule has 1 aliphatic rings. The highest BCUT2D eigenvalue weighted by Crippen LogP contribution is 2.27. The molecule has 2 aromatic carbocycles. The number of halogens is 1. The minimum absolute atomic E-state index is 0.743. The first-order valence-corrected chi connectivity index (χ1v) is 9.53. The molecule has 1 aromatic heterocycles. The van der Waals surface area contributed by atoms with E-state index in [9.17, 15) is 0 Å². The van der Waals surface area contributed by atoms with Crippen molar-refractivity contribution < 1.29 is 4.74 Å². The molecule has 0 bridgehead atoms. The van der Waals surface area contributed by atoms with Gasteiger partial charge in [-0.25, -0.2) is 9.97 Å². The van der Waals surface area contributed by atoms with Crippen LogP contribution in [-0.4, -0.2) is 48.2 Å². The Kier molecular flexibility index (Phi) is 5.14. The average Bonchev–Trinajstić information content (AvgIpc) is 2.68. The van der Waals surface area contributed by atoms with Crippen LogP contribution in [-0.2, 0) is 6.54 Å². The van der Waals surface area contributed by atoms with Gasteiger partial charge in [0, 0.05) is 48.7 Å². The Bertz CT molecular complexity index is 954. The maximum Gasteiger partial charge on any atom is 0.139 e. The van der Waals surface area contributed by atoms with Crippen molar-refractivity contribution in [3.05, 3.63) is 58.9 Å². The largest absolute Gasteiger partial charge is 0.496 e. The standard InChI is InChI=1S/C21H23ClN4O/c1-15-3-5-19-18(11-15)21(24-14-23-19)26-9-7-25(8-10-26)13-16-12-17(22)4-6-20(16)27-2/h3-6,11-12,14H,7-10,13H2,1-2H3. The maximum absolute atomic E-state index is 6.17. The van der Waals surface area contributed by atoms with Crippen LogP contribution >= 0.6 is 11.6 Å².